The van der Waals surface area contributed by atoms with Crippen LogP contribution in [0.3, 0.4) is 0 Å². The molecule has 1 aromatic heterocycles. The van der Waals surface area contributed by atoms with E-state index < -0.39 is 9.84 Å². The average Bonchev–Trinajstić information content (AvgIpc) is 2.97. The number of rotatable bonds is 7. The van der Waals surface area contributed by atoms with Gasteiger partial charge >= 0.3 is 0 Å². The van der Waals surface area contributed by atoms with Crippen LogP contribution in [0.15, 0.2) is 52.9 Å². The van der Waals surface area contributed by atoms with E-state index in [0.717, 1.165) is 11.1 Å². The minimum Gasteiger partial charge on any atom is -0.496 e. The molecule has 0 bridgehead atoms. The average molecular weight is 345 g/mol. The van der Waals surface area contributed by atoms with E-state index in [4.69, 9.17) is 9.15 Å². The minimum absolute atomic E-state index is 0.0232. The van der Waals surface area contributed by atoms with E-state index >= 15 is 0 Å². The molecule has 0 aliphatic heterocycles. The van der Waals surface area contributed by atoms with Crippen LogP contribution in [0.5, 0.6) is 5.75 Å². The van der Waals surface area contributed by atoms with Gasteiger partial charge in [-0.25, -0.2) is 13.4 Å². The molecular weight excluding hydrogens is 326 g/mol. The van der Waals surface area contributed by atoms with E-state index in [1.54, 1.807) is 19.2 Å². The van der Waals surface area contributed by atoms with Gasteiger partial charge in [-0.05, 0) is 24.6 Å². The van der Waals surface area contributed by atoms with E-state index in [1.165, 1.54) is 0 Å². The van der Waals surface area contributed by atoms with Crippen molar-refractivity contribution in [2.45, 2.75) is 18.6 Å². The summed E-state index contributed by atoms with van der Waals surface area (Å²) in [5, 5.41) is 0. The van der Waals surface area contributed by atoms with Crippen molar-refractivity contribution in [3.8, 4) is 5.75 Å². The van der Waals surface area contributed by atoms with Crippen molar-refractivity contribution < 1.29 is 17.6 Å². The molecule has 24 heavy (non-hydrogen) atoms. The Hall–Kier alpha value is -2.34. The van der Waals surface area contributed by atoms with Crippen molar-refractivity contribution in [2.24, 2.45) is 0 Å². The number of methoxy groups -OCH3 is 1. The molecule has 0 N–H and O–H groups in total. The molecule has 2 aromatic carbocycles. The third kappa shape index (κ3) is 3.94. The lowest BCUT2D eigenvalue weighted by Crippen LogP contribution is -2.11. The van der Waals surface area contributed by atoms with E-state index in [-0.39, 0.29) is 11.5 Å². The number of fused-ring (bicyclic) bond motifs is 1. The number of oxazole rings is 1. The first kappa shape index (κ1) is 16.5. The zero-order chi connectivity index (χ0) is 17.0. The summed E-state index contributed by atoms with van der Waals surface area (Å²) < 4.78 is 35.5. The number of benzene rings is 2. The number of aryl methyl sites for hydroxylation is 1. The van der Waals surface area contributed by atoms with Gasteiger partial charge in [0.1, 0.15) is 11.3 Å². The fraction of sp³-hybridized carbons (Fsp3) is 0.278. The third-order valence-corrected chi connectivity index (χ3v) is 5.41. The van der Waals surface area contributed by atoms with Crippen molar-refractivity contribution in [3.05, 3.63) is 60.0 Å². The van der Waals surface area contributed by atoms with Gasteiger partial charge in [0.2, 0.25) is 0 Å². The highest BCUT2D eigenvalue weighted by Crippen LogP contribution is 2.21. The number of para-hydroxylation sites is 3. The molecule has 0 unspecified atom stereocenters. The lowest BCUT2D eigenvalue weighted by Gasteiger charge is -2.08. The van der Waals surface area contributed by atoms with Crippen LogP contribution in [0.1, 0.15) is 17.9 Å². The van der Waals surface area contributed by atoms with Crippen LogP contribution in [-0.4, -0.2) is 26.3 Å². The molecule has 3 rings (SSSR count). The van der Waals surface area contributed by atoms with Gasteiger partial charge in [-0.2, -0.15) is 0 Å². The predicted octanol–water partition coefficient (Wildman–Crippen LogP) is 3.38. The molecular formula is C18H19NO4S. The van der Waals surface area contributed by atoms with E-state index in [0.29, 0.717) is 30.0 Å². The van der Waals surface area contributed by atoms with Gasteiger partial charge < -0.3 is 9.15 Å². The summed E-state index contributed by atoms with van der Waals surface area (Å²) in [4.78, 5) is 4.36. The molecule has 0 aliphatic rings. The van der Waals surface area contributed by atoms with Gasteiger partial charge in [-0.1, -0.05) is 30.3 Å². The number of hydrogen-bond acceptors (Lipinski definition) is 5. The van der Waals surface area contributed by atoms with Crippen LogP contribution in [0.2, 0.25) is 0 Å². The summed E-state index contributed by atoms with van der Waals surface area (Å²) >= 11 is 0. The van der Waals surface area contributed by atoms with Crippen LogP contribution in [-0.2, 0) is 22.0 Å². The first-order chi connectivity index (χ1) is 11.6. The van der Waals surface area contributed by atoms with E-state index in [9.17, 15) is 8.42 Å². The molecule has 0 atom stereocenters. The van der Waals surface area contributed by atoms with E-state index in [1.807, 2.05) is 36.4 Å². The maximum atomic E-state index is 12.3. The largest absolute Gasteiger partial charge is 0.496 e. The molecule has 0 aliphatic carbocycles. The minimum atomic E-state index is -3.22. The smallest absolute Gasteiger partial charge is 0.195 e. The lowest BCUT2D eigenvalue weighted by molar-refractivity contribution is 0.411. The SMILES string of the molecule is COc1ccccc1CS(=O)(=O)CCCc1nc2ccccc2o1. The number of hydrogen-bond donors (Lipinski definition) is 0. The number of sulfone groups is 1. The molecule has 0 saturated heterocycles. The van der Waals surface area contributed by atoms with Crippen molar-refractivity contribution in [1.29, 1.82) is 0 Å². The molecule has 0 fully saturated rings. The molecule has 3 aromatic rings. The Morgan fingerprint density at radius 2 is 1.83 bits per heavy atom. The zero-order valence-electron chi connectivity index (χ0n) is 13.4. The first-order valence-corrected chi connectivity index (χ1v) is 9.56. The van der Waals surface area contributed by atoms with Crippen molar-refractivity contribution >= 4 is 20.9 Å². The monoisotopic (exact) mass is 345 g/mol. The Morgan fingerprint density at radius 3 is 2.62 bits per heavy atom. The Labute approximate surface area is 141 Å². The van der Waals surface area contributed by atoms with Crippen molar-refractivity contribution in [3.63, 3.8) is 0 Å². The second kappa shape index (κ2) is 7.05. The number of aromatic nitrogens is 1. The molecule has 0 saturated carbocycles. The van der Waals surface area contributed by atoms with Crippen LogP contribution in [0.4, 0.5) is 0 Å². The highest BCUT2D eigenvalue weighted by Gasteiger charge is 2.15. The topological polar surface area (TPSA) is 69.4 Å². The van der Waals surface area contributed by atoms with Crippen molar-refractivity contribution in [2.75, 3.05) is 12.9 Å². The van der Waals surface area contributed by atoms with Crippen LogP contribution in [0.25, 0.3) is 11.1 Å². The standard InChI is InChI=1S/C18H19NO4S/c1-22-16-9-4-2-7-14(16)13-24(20,21)12-6-11-18-19-15-8-3-5-10-17(15)23-18/h2-5,7-10H,6,11-13H2,1H3. The third-order valence-electron chi connectivity index (χ3n) is 3.75. The van der Waals surface area contributed by atoms with Gasteiger partial charge in [-0.3, -0.25) is 0 Å². The summed E-state index contributed by atoms with van der Waals surface area (Å²) in [7, 11) is -1.68. The van der Waals surface area contributed by atoms with Gasteiger partial charge in [0.05, 0.1) is 18.6 Å². The molecule has 6 heteroatoms. The maximum absolute atomic E-state index is 12.3. The van der Waals surface area contributed by atoms with Gasteiger partial charge in [-0.15, -0.1) is 0 Å². The maximum Gasteiger partial charge on any atom is 0.195 e. The summed E-state index contributed by atoms with van der Waals surface area (Å²) in [5.41, 5.74) is 2.20. The van der Waals surface area contributed by atoms with Gasteiger partial charge in [0, 0.05) is 12.0 Å². The second-order valence-electron chi connectivity index (χ2n) is 5.58. The Kier molecular flexibility index (Phi) is 4.85. The summed E-state index contributed by atoms with van der Waals surface area (Å²) in [6.45, 7) is 0. The Bertz CT molecular complexity index is 898. The second-order valence-corrected chi connectivity index (χ2v) is 7.77. The zero-order valence-corrected chi connectivity index (χ0v) is 14.3. The fourth-order valence-electron chi connectivity index (χ4n) is 2.60. The molecule has 0 spiro atoms. The summed E-state index contributed by atoms with van der Waals surface area (Å²) in [6.07, 6.45) is 0.976. The normalized spacial score (nSPS) is 11.7. The molecule has 0 radical (unpaired) electrons. The predicted molar refractivity (Wildman–Crippen MR) is 92.8 cm³/mol. The van der Waals surface area contributed by atoms with Crippen LogP contribution >= 0.6 is 0 Å². The van der Waals surface area contributed by atoms with Crippen molar-refractivity contribution in [1.82, 2.24) is 4.98 Å². The van der Waals surface area contributed by atoms with Gasteiger partial charge in [0.25, 0.3) is 0 Å². The lowest BCUT2D eigenvalue weighted by atomic mass is 10.2. The van der Waals surface area contributed by atoms with Gasteiger partial charge in [0.15, 0.2) is 21.3 Å². The summed E-state index contributed by atoms with van der Waals surface area (Å²) in [6, 6.07) is 14.7. The molecule has 5 nitrogen and oxygen atoms in total. The fourth-order valence-corrected chi connectivity index (χ4v) is 4.04. The Balaban J connectivity index is 1.60. The molecule has 1 heterocycles. The number of nitrogens with zero attached hydrogens (tertiary/aromatic N) is 1. The molecule has 126 valence electrons. The van der Waals surface area contributed by atoms with E-state index in [2.05, 4.69) is 4.98 Å². The first-order valence-electron chi connectivity index (χ1n) is 7.74. The highest BCUT2D eigenvalue weighted by atomic mass is 32.2. The number of ether oxygens (including phenoxy) is 1. The van der Waals surface area contributed by atoms with Crippen LogP contribution < -0.4 is 4.74 Å². The van der Waals surface area contributed by atoms with Crippen LogP contribution in [0, 0.1) is 0 Å². The quantitative estimate of drug-likeness (QED) is 0.656. The Morgan fingerprint density at radius 1 is 1.08 bits per heavy atom. The summed E-state index contributed by atoms with van der Waals surface area (Å²) in [5.74, 6) is 1.23. The molecule has 0 amide bonds. The highest BCUT2D eigenvalue weighted by molar-refractivity contribution is 7.90.